The highest BCUT2D eigenvalue weighted by atomic mass is 31.2. The van der Waals surface area contributed by atoms with Gasteiger partial charge in [-0.3, -0.25) is 13.8 Å². The van der Waals surface area contributed by atoms with E-state index in [0.717, 1.165) is 57.8 Å². The number of phosphoric acid groups is 1. The van der Waals surface area contributed by atoms with Crippen LogP contribution < -0.4 is 5.73 Å². The molecule has 0 saturated carbocycles. The molecule has 0 amide bonds. The van der Waals surface area contributed by atoms with E-state index in [1.165, 1.54) is 109 Å². The topological polar surface area (TPSA) is 117 Å². The molecule has 0 aliphatic rings. The van der Waals surface area contributed by atoms with Gasteiger partial charge in [-0.25, -0.2) is 4.57 Å². The molecule has 0 aliphatic heterocycles. The van der Waals surface area contributed by atoms with Crippen molar-refractivity contribution in [1.29, 1.82) is 0 Å². The lowest BCUT2D eigenvalue weighted by Gasteiger charge is -2.20. The van der Waals surface area contributed by atoms with Crippen molar-refractivity contribution < 1.29 is 32.8 Å². The standard InChI is InChI=1S/C44H82NO7P/c1-3-5-7-9-11-13-15-16-17-18-19-20-21-22-23-24-25-26-27-28-30-32-34-36-39-49-41-43(42-51-53(47,48)50-40-38-45)52-44(46)37-35-33-31-29-14-12-10-8-6-4-2/h5,7,11,13,16-17,19-20,43H,3-4,6,8-10,12,14-15,18,21-42,45H2,1-2H3,(H,47,48)/b7-5-,13-11-,17-16-,20-19-. The smallest absolute Gasteiger partial charge is 0.457 e. The van der Waals surface area contributed by atoms with Crippen molar-refractivity contribution in [3.8, 4) is 0 Å². The minimum absolute atomic E-state index is 0.0960. The van der Waals surface area contributed by atoms with E-state index < -0.39 is 13.9 Å². The summed E-state index contributed by atoms with van der Waals surface area (Å²) in [5.41, 5.74) is 5.36. The van der Waals surface area contributed by atoms with Gasteiger partial charge >= 0.3 is 13.8 Å². The van der Waals surface area contributed by atoms with E-state index >= 15 is 0 Å². The highest BCUT2D eigenvalue weighted by Gasteiger charge is 2.25. The number of ether oxygens (including phenoxy) is 2. The lowest BCUT2D eigenvalue weighted by Crippen LogP contribution is -2.28. The van der Waals surface area contributed by atoms with Crippen molar-refractivity contribution in [3.63, 3.8) is 0 Å². The number of allylic oxidation sites excluding steroid dienone is 8. The monoisotopic (exact) mass is 768 g/mol. The maximum Gasteiger partial charge on any atom is 0.472 e. The Morgan fingerprint density at radius 3 is 1.58 bits per heavy atom. The first-order valence-corrected chi connectivity index (χ1v) is 23.1. The molecule has 310 valence electrons. The molecule has 0 rings (SSSR count). The van der Waals surface area contributed by atoms with Crippen LogP contribution in [0.4, 0.5) is 0 Å². The Kier molecular flexibility index (Phi) is 40.4. The normalized spacial score (nSPS) is 14.0. The zero-order valence-electron chi connectivity index (χ0n) is 34.2. The first-order chi connectivity index (χ1) is 25.9. The minimum Gasteiger partial charge on any atom is -0.457 e. The summed E-state index contributed by atoms with van der Waals surface area (Å²) >= 11 is 0. The summed E-state index contributed by atoms with van der Waals surface area (Å²) in [6.45, 7) is 4.79. The fraction of sp³-hybridized carbons (Fsp3) is 0.795. The van der Waals surface area contributed by atoms with Crippen LogP contribution in [0.2, 0.25) is 0 Å². The van der Waals surface area contributed by atoms with Gasteiger partial charge in [-0.05, 0) is 51.4 Å². The Hall–Kier alpha value is -1.54. The van der Waals surface area contributed by atoms with Crippen LogP contribution in [0.25, 0.3) is 0 Å². The van der Waals surface area contributed by atoms with E-state index in [-0.39, 0.29) is 32.3 Å². The van der Waals surface area contributed by atoms with Crippen LogP contribution in [0.15, 0.2) is 48.6 Å². The second-order valence-electron chi connectivity index (χ2n) is 14.2. The number of unbranched alkanes of at least 4 members (excludes halogenated alkanes) is 20. The maximum atomic E-state index is 12.5. The maximum absolute atomic E-state index is 12.5. The molecule has 2 unspecified atom stereocenters. The summed E-state index contributed by atoms with van der Waals surface area (Å²) in [4.78, 5) is 22.4. The van der Waals surface area contributed by atoms with Crippen LogP contribution in [0.5, 0.6) is 0 Å². The van der Waals surface area contributed by atoms with Crippen LogP contribution in [0.1, 0.15) is 187 Å². The number of hydrogen-bond acceptors (Lipinski definition) is 7. The van der Waals surface area contributed by atoms with Gasteiger partial charge in [0, 0.05) is 19.6 Å². The van der Waals surface area contributed by atoms with Crippen LogP contribution in [-0.2, 0) is 27.9 Å². The van der Waals surface area contributed by atoms with Crippen molar-refractivity contribution in [3.05, 3.63) is 48.6 Å². The first-order valence-electron chi connectivity index (χ1n) is 21.6. The van der Waals surface area contributed by atoms with Gasteiger partial charge in [0.25, 0.3) is 0 Å². The minimum atomic E-state index is -4.27. The predicted octanol–water partition coefficient (Wildman–Crippen LogP) is 12.8. The Morgan fingerprint density at radius 2 is 1.06 bits per heavy atom. The van der Waals surface area contributed by atoms with Gasteiger partial charge in [0.15, 0.2) is 0 Å². The molecule has 0 aromatic carbocycles. The molecule has 0 aromatic rings. The Bertz CT molecular complexity index is 952. The number of carbonyl (C=O) groups excluding carboxylic acids is 1. The number of phosphoric ester groups is 1. The molecule has 0 spiro atoms. The van der Waals surface area contributed by atoms with E-state index in [1.54, 1.807) is 0 Å². The molecule has 0 aliphatic carbocycles. The summed E-state index contributed by atoms with van der Waals surface area (Å²) in [7, 11) is -4.27. The van der Waals surface area contributed by atoms with Gasteiger partial charge in [0.05, 0.1) is 19.8 Å². The van der Waals surface area contributed by atoms with Crippen molar-refractivity contribution in [2.45, 2.75) is 193 Å². The van der Waals surface area contributed by atoms with Gasteiger partial charge in [-0.15, -0.1) is 0 Å². The summed E-state index contributed by atoms with van der Waals surface area (Å²) in [5, 5.41) is 0. The molecule has 0 fully saturated rings. The molecule has 3 N–H and O–H groups in total. The first kappa shape index (κ1) is 51.5. The Labute approximate surface area is 326 Å². The Balaban J connectivity index is 3.92. The van der Waals surface area contributed by atoms with E-state index in [1.807, 2.05) is 0 Å². The quantitative estimate of drug-likeness (QED) is 0.0273. The fourth-order valence-electron chi connectivity index (χ4n) is 5.87. The van der Waals surface area contributed by atoms with E-state index in [0.29, 0.717) is 13.0 Å². The number of rotatable bonds is 41. The van der Waals surface area contributed by atoms with E-state index in [4.69, 9.17) is 24.3 Å². The molecule has 0 heterocycles. The van der Waals surface area contributed by atoms with Crippen LogP contribution in [0.3, 0.4) is 0 Å². The van der Waals surface area contributed by atoms with Crippen molar-refractivity contribution >= 4 is 13.8 Å². The molecule has 8 nitrogen and oxygen atoms in total. The molecule has 0 radical (unpaired) electrons. The van der Waals surface area contributed by atoms with Crippen LogP contribution in [-0.4, -0.2) is 49.9 Å². The van der Waals surface area contributed by atoms with E-state index in [2.05, 4.69) is 62.5 Å². The lowest BCUT2D eigenvalue weighted by molar-refractivity contribution is -0.154. The van der Waals surface area contributed by atoms with Crippen LogP contribution in [0, 0.1) is 0 Å². The summed E-state index contributed by atoms with van der Waals surface area (Å²) in [6, 6.07) is 0. The third-order valence-corrected chi connectivity index (χ3v) is 9.99. The molecule has 2 atom stereocenters. The van der Waals surface area contributed by atoms with Crippen molar-refractivity contribution in [2.24, 2.45) is 5.73 Å². The summed E-state index contributed by atoms with van der Waals surface area (Å²) in [6.07, 6.45) is 48.5. The SMILES string of the molecule is CC/C=C\C/C=C\C/C=C\C/C=C\CCCCCCCCCCCCCOCC(COP(=O)(O)OCCN)OC(=O)CCCCCCCCCCCC. The third kappa shape index (κ3) is 41.5. The van der Waals surface area contributed by atoms with Gasteiger partial charge < -0.3 is 20.1 Å². The average molecular weight is 768 g/mol. The summed E-state index contributed by atoms with van der Waals surface area (Å²) < 4.78 is 33.4. The largest absolute Gasteiger partial charge is 0.472 e. The molecule has 0 bridgehead atoms. The van der Waals surface area contributed by atoms with Crippen LogP contribution >= 0.6 is 7.82 Å². The van der Waals surface area contributed by atoms with Crippen molar-refractivity contribution in [1.82, 2.24) is 0 Å². The highest BCUT2D eigenvalue weighted by Crippen LogP contribution is 2.43. The van der Waals surface area contributed by atoms with Gasteiger partial charge in [0.2, 0.25) is 0 Å². The second kappa shape index (κ2) is 41.6. The average Bonchev–Trinajstić information content (AvgIpc) is 3.15. The highest BCUT2D eigenvalue weighted by molar-refractivity contribution is 7.47. The van der Waals surface area contributed by atoms with E-state index in [9.17, 15) is 14.3 Å². The Morgan fingerprint density at radius 1 is 0.585 bits per heavy atom. The number of nitrogens with two attached hydrogens (primary N) is 1. The predicted molar refractivity (Wildman–Crippen MR) is 224 cm³/mol. The molecule has 0 aromatic heterocycles. The zero-order valence-corrected chi connectivity index (χ0v) is 35.1. The van der Waals surface area contributed by atoms with Gasteiger partial charge in [-0.1, -0.05) is 178 Å². The van der Waals surface area contributed by atoms with Gasteiger partial charge in [-0.2, -0.15) is 0 Å². The van der Waals surface area contributed by atoms with Crippen molar-refractivity contribution in [2.75, 3.05) is 33.0 Å². The zero-order chi connectivity index (χ0) is 38.8. The van der Waals surface area contributed by atoms with Gasteiger partial charge in [0.1, 0.15) is 6.10 Å². The molecular formula is C44H82NO7P. The number of hydrogen-bond donors (Lipinski definition) is 2. The molecule has 0 saturated heterocycles. The number of esters is 1. The fourth-order valence-corrected chi connectivity index (χ4v) is 6.64. The molecular weight excluding hydrogens is 685 g/mol. The molecule has 9 heteroatoms. The number of carbonyl (C=O) groups is 1. The third-order valence-electron chi connectivity index (χ3n) is 9.01. The lowest BCUT2D eigenvalue weighted by atomic mass is 10.1. The second-order valence-corrected chi connectivity index (χ2v) is 15.6. The summed E-state index contributed by atoms with van der Waals surface area (Å²) in [5.74, 6) is -0.334. The molecule has 53 heavy (non-hydrogen) atoms.